The Balaban J connectivity index is 2.10. The summed E-state index contributed by atoms with van der Waals surface area (Å²) in [6, 6.07) is 5.73. The van der Waals surface area contributed by atoms with Gasteiger partial charge in [0.2, 0.25) is 5.91 Å². The fraction of sp³-hybridized carbons (Fsp3) is 0.500. The molecule has 0 spiro atoms. The van der Waals surface area contributed by atoms with Gasteiger partial charge in [0.15, 0.2) is 0 Å². The van der Waals surface area contributed by atoms with Gasteiger partial charge in [0.1, 0.15) is 6.04 Å². The molecule has 1 unspecified atom stereocenters. The smallest absolute Gasteiger partial charge is 0.238 e. The Morgan fingerprint density at radius 1 is 1.60 bits per heavy atom. The Morgan fingerprint density at radius 3 is 3.10 bits per heavy atom. The van der Waals surface area contributed by atoms with Crippen LogP contribution in [0.1, 0.15) is 12.5 Å². The number of halogens is 2. The van der Waals surface area contributed by atoms with Gasteiger partial charge in [0, 0.05) is 42.2 Å². The first-order chi connectivity index (χ1) is 9.61. The molecule has 2 N–H and O–H groups in total. The van der Waals surface area contributed by atoms with E-state index in [2.05, 4.69) is 31.5 Å². The minimum absolute atomic E-state index is 0.0768. The number of benzene rings is 1. The molecule has 0 radical (unpaired) electrons. The van der Waals surface area contributed by atoms with E-state index in [1.165, 1.54) is 0 Å². The van der Waals surface area contributed by atoms with E-state index >= 15 is 0 Å². The van der Waals surface area contributed by atoms with E-state index < -0.39 is 0 Å². The largest absolute Gasteiger partial charge is 0.355 e. The molecule has 1 amide bonds. The maximum absolute atomic E-state index is 12.1. The zero-order valence-corrected chi connectivity index (χ0v) is 13.8. The standard InChI is InChI=1S/C14H19BrClN3O/c1-2-18-14(20)13-8-17-5-6-19(13)9-10-3-4-11(15)7-12(10)16/h3-4,7,13,17H,2,5-6,8-9H2,1H3,(H,18,20). The summed E-state index contributed by atoms with van der Waals surface area (Å²) in [5.74, 6) is 0.0768. The van der Waals surface area contributed by atoms with Gasteiger partial charge in [-0.2, -0.15) is 0 Å². The van der Waals surface area contributed by atoms with Gasteiger partial charge in [-0.3, -0.25) is 9.69 Å². The fourth-order valence-electron chi connectivity index (χ4n) is 2.35. The minimum atomic E-state index is -0.136. The van der Waals surface area contributed by atoms with Gasteiger partial charge in [-0.15, -0.1) is 0 Å². The number of piperazine rings is 1. The van der Waals surface area contributed by atoms with Crippen LogP contribution < -0.4 is 10.6 Å². The summed E-state index contributed by atoms with van der Waals surface area (Å²) in [6.45, 7) is 5.69. The molecule has 1 aromatic carbocycles. The van der Waals surface area contributed by atoms with Crippen molar-refractivity contribution >= 4 is 33.4 Å². The number of carbonyl (C=O) groups excluding carboxylic acids is 1. The van der Waals surface area contributed by atoms with E-state index in [4.69, 9.17) is 11.6 Å². The third-order valence-electron chi connectivity index (χ3n) is 3.40. The number of hydrogen-bond donors (Lipinski definition) is 2. The molecule has 1 aromatic rings. The molecule has 1 saturated heterocycles. The van der Waals surface area contributed by atoms with Crippen molar-refractivity contribution in [1.82, 2.24) is 15.5 Å². The molecule has 0 bridgehead atoms. The van der Waals surface area contributed by atoms with Gasteiger partial charge < -0.3 is 10.6 Å². The Morgan fingerprint density at radius 2 is 2.40 bits per heavy atom. The molecular weight excluding hydrogens is 342 g/mol. The third kappa shape index (κ3) is 3.95. The topological polar surface area (TPSA) is 44.4 Å². The van der Waals surface area contributed by atoms with Crippen LogP contribution in [0.2, 0.25) is 5.02 Å². The van der Waals surface area contributed by atoms with Crippen molar-refractivity contribution in [2.45, 2.75) is 19.5 Å². The number of likely N-dealkylation sites (N-methyl/N-ethyl adjacent to an activating group) is 1. The predicted octanol–water partition coefficient (Wildman–Crippen LogP) is 2.01. The third-order valence-corrected chi connectivity index (χ3v) is 4.24. The van der Waals surface area contributed by atoms with Crippen LogP contribution in [-0.4, -0.2) is 43.0 Å². The van der Waals surface area contributed by atoms with Crippen LogP contribution >= 0.6 is 27.5 Å². The lowest BCUT2D eigenvalue weighted by Gasteiger charge is -2.35. The average Bonchev–Trinajstić information content (AvgIpc) is 2.43. The van der Waals surface area contributed by atoms with Crippen molar-refractivity contribution in [2.24, 2.45) is 0 Å². The monoisotopic (exact) mass is 359 g/mol. The molecule has 110 valence electrons. The predicted molar refractivity (Wildman–Crippen MR) is 84.9 cm³/mol. The molecule has 1 aliphatic heterocycles. The zero-order valence-electron chi connectivity index (χ0n) is 11.5. The summed E-state index contributed by atoms with van der Waals surface area (Å²) < 4.78 is 0.965. The summed E-state index contributed by atoms with van der Waals surface area (Å²) >= 11 is 9.67. The second kappa shape index (κ2) is 7.41. The van der Waals surface area contributed by atoms with Crippen LogP contribution in [-0.2, 0) is 11.3 Å². The highest BCUT2D eigenvalue weighted by atomic mass is 79.9. The van der Waals surface area contributed by atoms with Gasteiger partial charge in [-0.25, -0.2) is 0 Å². The molecular formula is C14H19BrClN3O. The summed E-state index contributed by atoms with van der Waals surface area (Å²) in [4.78, 5) is 14.3. The normalized spacial score (nSPS) is 19.9. The highest BCUT2D eigenvalue weighted by Gasteiger charge is 2.28. The molecule has 6 heteroatoms. The Labute approximate surface area is 133 Å². The molecule has 1 heterocycles. The quantitative estimate of drug-likeness (QED) is 0.863. The van der Waals surface area contributed by atoms with E-state index in [0.29, 0.717) is 19.6 Å². The van der Waals surface area contributed by atoms with Crippen molar-refractivity contribution in [3.8, 4) is 0 Å². The molecule has 0 aromatic heterocycles. The highest BCUT2D eigenvalue weighted by Crippen LogP contribution is 2.23. The first-order valence-electron chi connectivity index (χ1n) is 6.78. The first-order valence-corrected chi connectivity index (χ1v) is 7.95. The second-order valence-electron chi connectivity index (χ2n) is 4.82. The molecule has 0 saturated carbocycles. The van der Waals surface area contributed by atoms with Gasteiger partial charge in [0.05, 0.1) is 0 Å². The summed E-state index contributed by atoms with van der Waals surface area (Å²) in [5.41, 5.74) is 1.05. The van der Waals surface area contributed by atoms with Gasteiger partial charge in [-0.05, 0) is 24.6 Å². The Kier molecular flexibility index (Phi) is 5.84. The van der Waals surface area contributed by atoms with E-state index in [-0.39, 0.29) is 11.9 Å². The SMILES string of the molecule is CCNC(=O)C1CNCCN1Cc1ccc(Br)cc1Cl. The Hall–Kier alpha value is -0.620. The number of rotatable bonds is 4. The minimum Gasteiger partial charge on any atom is -0.355 e. The molecule has 0 aliphatic carbocycles. The first kappa shape index (κ1) is 15.8. The number of hydrogen-bond acceptors (Lipinski definition) is 3. The van der Waals surface area contributed by atoms with Crippen LogP contribution in [0, 0.1) is 0 Å². The molecule has 4 nitrogen and oxygen atoms in total. The Bertz CT molecular complexity index is 483. The molecule has 1 fully saturated rings. The van der Waals surface area contributed by atoms with E-state index in [9.17, 15) is 4.79 Å². The van der Waals surface area contributed by atoms with Crippen LogP contribution in [0.15, 0.2) is 22.7 Å². The summed E-state index contributed by atoms with van der Waals surface area (Å²) in [7, 11) is 0. The van der Waals surface area contributed by atoms with Crippen LogP contribution in [0.3, 0.4) is 0 Å². The zero-order chi connectivity index (χ0) is 14.5. The van der Waals surface area contributed by atoms with E-state index in [1.54, 1.807) is 0 Å². The number of nitrogens with zero attached hydrogens (tertiary/aromatic N) is 1. The van der Waals surface area contributed by atoms with E-state index in [0.717, 1.165) is 28.1 Å². The van der Waals surface area contributed by atoms with Gasteiger partial charge in [0.25, 0.3) is 0 Å². The lowest BCUT2D eigenvalue weighted by Crippen LogP contribution is -2.57. The number of carbonyl (C=O) groups is 1. The van der Waals surface area contributed by atoms with Gasteiger partial charge >= 0.3 is 0 Å². The van der Waals surface area contributed by atoms with Crippen molar-refractivity contribution in [3.05, 3.63) is 33.3 Å². The summed E-state index contributed by atoms with van der Waals surface area (Å²) in [5, 5.41) is 6.89. The number of amides is 1. The van der Waals surface area contributed by atoms with Crippen LogP contribution in [0.5, 0.6) is 0 Å². The van der Waals surface area contributed by atoms with E-state index in [1.807, 2.05) is 25.1 Å². The van der Waals surface area contributed by atoms with Crippen molar-refractivity contribution in [1.29, 1.82) is 0 Å². The second-order valence-corrected chi connectivity index (χ2v) is 6.14. The molecule has 20 heavy (non-hydrogen) atoms. The van der Waals surface area contributed by atoms with Crippen LogP contribution in [0.25, 0.3) is 0 Å². The summed E-state index contributed by atoms with van der Waals surface area (Å²) in [6.07, 6.45) is 0. The fourth-order valence-corrected chi connectivity index (χ4v) is 3.09. The number of nitrogens with one attached hydrogen (secondary N) is 2. The lowest BCUT2D eigenvalue weighted by atomic mass is 10.1. The van der Waals surface area contributed by atoms with Crippen LogP contribution in [0.4, 0.5) is 0 Å². The molecule has 2 rings (SSSR count). The maximum atomic E-state index is 12.1. The van der Waals surface area contributed by atoms with Crippen molar-refractivity contribution in [3.63, 3.8) is 0 Å². The van der Waals surface area contributed by atoms with Crippen molar-refractivity contribution < 1.29 is 4.79 Å². The van der Waals surface area contributed by atoms with Crippen molar-refractivity contribution in [2.75, 3.05) is 26.2 Å². The maximum Gasteiger partial charge on any atom is 0.238 e. The highest BCUT2D eigenvalue weighted by molar-refractivity contribution is 9.10. The van der Waals surface area contributed by atoms with Gasteiger partial charge in [-0.1, -0.05) is 33.6 Å². The molecule has 1 aliphatic rings. The lowest BCUT2D eigenvalue weighted by molar-refractivity contribution is -0.127. The molecule has 1 atom stereocenters. The average molecular weight is 361 g/mol.